The minimum atomic E-state index is -0.248. The van der Waals surface area contributed by atoms with Crippen LogP contribution in [0.1, 0.15) is 10.4 Å². The third-order valence-corrected chi connectivity index (χ3v) is 3.60. The molecule has 0 aliphatic heterocycles. The molecule has 0 bridgehead atoms. The van der Waals surface area contributed by atoms with Crippen molar-refractivity contribution in [2.45, 2.75) is 0 Å². The molecule has 24 heavy (non-hydrogen) atoms. The van der Waals surface area contributed by atoms with Crippen LogP contribution in [0.25, 0.3) is 0 Å². The molecule has 2 rings (SSSR count). The topological polar surface area (TPSA) is 60.0 Å². The SMILES string of the molecule is COc1cc(OC)c(NC(=O)c2ccc(N(C)C)cc2)c(OC)c1. The Morgan fingerprint density at radius 1 is 0.917 bits per heavy atom. The maximum absolute atomic E-state index is 12.5. The maximum Gasteiger partial charge on any atom is 0.255 e. The average molecular weight is 330 g/mol. The summed E-state index contributed by atoms with van der Waals surface area (Å²) in [6.07, 6.45) is 0. The van der Waals surface area contributed by atoms with E-state index in [9.17, 15) is 4.79 Å². The van der Waals surface area contributed by atoms with Gasteiger partial charge in [-0.3, -0.25) is 4.79 Å². The summed E-state index contributed by atoms with van der Waals surface area (Å²) in [6.45, 7) is 0. The number of anilines is 2. The van der Waals surface area contributed by atoms with Crippen LogP contribution in [0.2, 0.25) is 0 Å². The molecule has 128 valence electrons. The molecule has 1 N–H and O–H groups in total. The highest BCUT2D eigenvalue weighted by Crippen LogP contribution is 2.39. The molecule has 6 heteroatoms. The molecule has 0 heterocycles. The molecule has 0 aromatic heterocycles. The molecular weight excluding hydrogens is 308 g/mol. The van der Waals surface area contributed by atoms with Crippen molar-refractivity contribution >= 4 is 17.3 Å². The Hall–Kier alpha value is -2.89. The van der Waals surface area contributed by atoms with E-state index in [0.717, 1.165) is 5.69 Å². The molecule has 0 aliphatic carbocycles. The van der Waals surface area contributed by atoms with Gasteiger partial charge >= 0.3 is 0 Å². The Morgan fingerprint density at radius 2 is 1.46 bits per heavy atom. The first-order chi connectivity index (χ1) is 11.5. The van der Waals surface area contributed by atoms with Crippen molar-refractivity contribution in [3.8, 4) is 17.2 Å². The first-order valence-electron chi connectivity index (χ1n) is 7.39. The maximum atomic E-state index is 12.5. The second-order valence-electron chi connectivity index (χ2n) is 5.30. The van der Waals surface area contributed by atoms with E-state index in [2.05, 4.69) is 5.32 Å². The monoisotopic (exact) mass is 330 g/mol. The highest BCUT2D eigenvalue weighted by Gasteiger charge is 2.17. The summed E-state index contributed by atoms with van der Waals surface area (Å²) >= 11 is 0. The molecule has 0 saturated carbocycles. The quantitative estimate of drug-likeness (QED) is 0.882. The fraction of sp³-hybridized carbons (Fsp3) is 0.278. The van der Waals surface area contributed by atoms with E-state index in [4.69, 9.17) is 14.2 Å². The summed E-state index contributed by atoms with van der Waals surface area (Å²) in [5.74, 6) is 1.26. The second kappa shape index (κ2) is 7.59. The number of carbonyl (C=O) groups excluding carboxylic acids is 1. The van der Waals surface area contributed by atoms with Crippen LogP contribution in [0.4, 0.5) is 11.4 Å². The number of hydrogen-bond acceptors (Lipinski definition) is 5. The van der Waals surface area contributed by atoms with Crippen LogP contribution in [0, 0.1) is 0 Å². The summed E-state index contributed by atoms with van der Waals surface area (Å²) in [4.78, 5) is 14.5. The minimum absolute atomic E-state index is 0.248. The number of hydrogen-bond donors (Lipinski definition) is 1. The smallest absolute Gasteiger partial charge is 0.255 e. The molecule has 6 nitrogen and oxygen atoms in total. The van der Waals surface area contributed by atoms with Crippen LogP contribution in [-0.2, 0) is 0 Å². The van der Waals surface area contributed by atoms with Crippen LogP contribution in [-0.4, -0.2) is 41.3 Å². The fourth-order valence-corrected chi connectivity index (χ4v) is 2.23. The number of amides is 1. The van der Waals surface area contributed by atoms with Crippen LogP contribution in [0.5, 0.6) is 17.2 Å². The van der Waals surface area contributed by atoms with Gasteiger partial charge in [-0.25, -0.2) is 0 Å². The van der Waals surface area contributed by atoms with E-state index in [1.54, 1.807) is 31.4 Å². The van der Waals surface area contributed by atoms with Gasteiger partial charge in [0.2, 0.25) is 0 Å². The summed E-state index contributed by atoms with van der Waals surface area (Å²) in [6, 6.07) is 10.7. The number of nitrogens with zero attached hydrogens (tertiary/aromatic N) is 1. The van der Waals surface area contributed by atoms with E-state index in [1.165, 1.54) is 14.2 Å². The number of carbonyl (C=O) groups is 1. The van der Waals surface area contributed by atoms with Gasteiger partial charge in [-0.15, -0.1) is 0 Å². The molecule has 0 aliphatic rings. The molecule has 0 saturated heterocycles. The Labute approximate surface area is 141 Å². The highest BCUT2D eigenvalue weighted by atomic mass is 16.5. The standard InChI is InChI=1S/C18H22N2O4/c1-20(2)13-8-6-12(7-9-13)18(21)19-17-15(23-4)10-14(22-3)11-16(17)24-5/h6-11H,1-5H3,(H,19,21). The molecule has 0 spiro atoms. The van der Waals surface area contributed by atoms with Gasteiger partial charge in [-0.05, 0) is 24.3 Å². The highest BCUT2D eigenvalue weighted by molar-refractivity contribution is 6.06. The molecule has 0 fully saturated rings. The van der Waals surface area contributed by atoms with Gasteiger partial charge in [0.25, 0.3) is 5.91 Å². The Balaban J connectivity index is 2.30. The summed E-state index contributed by atoms with van der Waals surface area (Å²) in [7, 11) is 8.49. The van der Waals surface area contributed by atoms with Gasteiger partial charge < -0.3 is 24.4 Å². The van der Waals surface area contributed by atoms with Gasteiger partial charge in [0, 0.05) is 37.5 Å². The number of benzene rings is 2. The van der Waals surface area contributed by atoms with Gasteiger partial charge in [0.05, 0.1) is 21.3 Å². The number of rotatable bonds is 6. The Morgan fingerprint density at radius 3 is 1.88 bits per heavy atom. The molecule has 1 amide bonds. The predicted octanol–water partition coefficient (Wildman–Crippen LogP) is 3.03. The first kappa shape index (κ1) is 17.5. The van der Waals surface area contributed by atoms with Crippen molar-refractivity contribution in [1.29, 1.82) is 0 Å². The largest absolute Gasteiger partial charge is 0.496 e. The molecule has 2 aromatic carbocycles. The van der Waals surface area contributed by atoms with Crippen molar-refractivity contribution in [2.24, 2.45) is 0 Å². The lowest BCUT2D eigenvalue weighted by atomic mass is 10.1. The van der Waals surface area contributed by atoms with Gasteiger partial charge in [0.15, 0.2) is 0 Å². The molecule has 0 atom stereocenters. The third-order valence-electron chi connectivity index (χ3n) is 3.60. The van der Waals surface area contributed by atoms with Crippen LogP contribution in [0.3, 0.4) is 0 Å². The summed E-state index contributed by atoms with van der Waals surface area (Å²) in [5.41, 5.74) is 2.02. The Kier molecular flexibility index (Phi) is 5.52. The van der Waals surface area contributed by atoms with Gasteiger partial charge in [-0.2, -0.15) is 0 Å². The van der Waals surface area contributed by atoms with Crippen molar-refractivity contribution in [2.75, 3.05) is 45.6 Å². The number of ether oxygens (including phenoxy) is 3. The van der Waals surface area contributed by atoms with Crippen LogP contribution >= 0.6 is 0 Å². The lowest BCUT2D eigenvalue weighted by molar-refractivity contribution is 0.102. The van der Waals surface area contributed by atoms with E-state index in [0.29, 0.717) is 28.5 Å². The average Bonchev–Trinajstić information content (AvgIpc) is 2.61. The molecule has 2 aromatic rings. The van der Waals surface area contributed by atoms with Crippen molar-refractivity contribution in [3.05, 3.63) is 42.0 Å². The van der Waals surface area contributed by atoms with Crippen molar-refractivity contribution in [1.82, 2.24) is 0 Å². The molecular formula is C18H22N2O4. The molecule has 0 radical (unpaired) electrons. The van der Waals surface area contributed by atoms with Crippen LogP contribution in [0.15, 0.2) is 36.4 Å². The van der Waals surface area contributed by atoms with E-state index < -0.39 is 0 Å². The third kappa shape index (κ3) is 3.71. The van der Waals surface area contributed by atoms with E-state index in [1.807, 2.05) is 31.1 Å². The predicted molar refractivity (Wildman–Crippen MR) is 94.8 cm³/mol. The van der Waals surface area contributed by atoms with Crippen molar-refractivity contribution < 1.29 is 19.0 Å². The zero-order valence-corrected chi connectivity index (χ0v) is 14.5. The van der Waals surface area contributed by atoms with Crippen LogP contribution < -0.4 is 24.4 Å². The van der Waals surface area contributed by atoms with Crippen molar-refractivity contribution in [3.63, 3.8) is 0 Å². The first-order valence-corrected chi connectivity index (χ1v) is 7.39. The zero-order chi connectivity index (χ0) is 17.7. The van der Waals surface area contributed by atoms with Gasteiger partial charge in [-0.1, -0.05) is 0 Å². The minimum Gasteiger partial charge on any atom is -0.496 e. The summed E-state index contributed by atoms with van der Waals surface area (Å²) in [5, 5.41) is 2.84. The number of methoxy groups -OCH3 is 3. The summed E-state index contributed by atoms with van der Waals surface area (Å²) < 4.78 is 15.9. The molecule has 0 unspecified atom stereocenters. The fourth-order valence-electron chi connectivity index (χ4n) is 2.23. The second-order valence-corrected chi connectivity index (χ2v) is 5.30. The van der Waals surface area contributed by atoms with E-state index >= 15 is 0 Å². The lowest BCUT2D eigenvalue weighted by Crippen LogP contribution is -2.14. The normalized spacial score (nSPS) is 10.0. The van der Waals surface area contributed by atoms with E-state index in [-0.39, 0.29) is 5.91 Å². The van der Waals surface area contributed by atoms with Gasteiger partial charge in [0.1, 0.15) is 22.9 Å². The Bertz CT molecular complexity index is 686. The zero-order valence-electron chi connectivity index (χ0n) is 14.5. The number of nitrogens with one attached hydrogen (secondary N) is 1. The lowest BCUT2D eigenvalue weighted by Gasteiger charge is -2.16.